The maximum absolute atomic E-state index is 13.1. The minimum atomic E-state index is -0.608. The van der Waals surface area contributed by atoms with E-state index in [2.05, 4.69) is 10.6 Å². The Bertz CT molecular complexity index is 1320. The predicted octanol–water partition coefficient (Wildman–Crippen LogP) is 7.22. The van der Waals surface area contributed by atoms with Crippen LogP contribution in [0.2, 0.25) is 0 Å². The van der Waals surface area contributed by atoms with Gasteiger partial charge in [0, 0.05) is 21.2 Å². The summed E-state index contributed by atoms with van der Waals surface area (Å²) in [5.74, 6) is -0.132. The molecule has 0 aliphatic heterocycles. The Kier molecular flexibility index (Phi) is 7.32. The summed E-state index contributed by atoms with van der Waals surface area (Å²) in [5, 5.41) is 16.4. The van der Waals surface area contributed by atoms with Crippen LogP contribution in [0.4, 0.5) is 9.80 Å². The summed E-state index contributed by atoms with van der Waals surface area (Å²) in [6, 6.07) is 6.94. The third kappa shape index (κ3) is 5.70. The number of hydrogen-bond acceptors (Lipinski definition) is 6. The lowest BCUT2D eigenvalue weighted by molar-refractivity contribution is 0.00699. The standard InChI is InChI=1S/C29H34N2O4S2/c1-29(2,3)35-27(33)24-20-9-5-7-11-23(20)37-26(24)31-28(34)30-16-21-19-8-4-6-10-22(19)36-25(21)17-12-14-18(32)15-13-17/h12-15,32H,4-11,16H2,1-3H3,(H2,30,31,34). The zero-order chi connectivity index (χ0) is 26.2. The number of rotatable bonds is 5. The second-order valence-electron chi connectivity index (χ2n) is 10.8. The van der Waals surface area contributed by atoms with Crippen molar-refractivity contribution in [2.45, 2.75) is 84.3 Å². The van der Waals surface area contributed by atoms with Gasteiger partial charge in [-0.05, 0) is 119 Å². The van der Waals surface area contributed by atoms with Crippen molar-refractivity contribution in [3.63, 3.8) is 0 Å². The molecule has 3 aromatic rings. The quantitative estimate of drug-likeness (QED) is 0.299. The van der Waals surface area contributed by atoms with Gasteiger partial charge in [0.1, 0.15) is 16.4 Å². The normalized spacial score (nSPS) is 15.0. The summed E-state index contributed by atoms with van der Waals surface area (Å²) >= 11 is 3.29. The molecule has 0 atom stereocenters. The van der Waals surface area contributed by atoms with E-state index in [0.717, 1.165) is 66.5 Å². The van der Waals surface area contributed by atoms with E-state index in [1.807, 2.05) is 32.9 Å². The van der Waals surface area contributed by atoms with Gasteiger partial charge in [-0.1, -0.05) is 0 Å². The summed E-state index contributed by atoms with van der Waals surface area (Å²) in [5.41, 5.74) is 4.49. The van der Waals surface area contributed by atoms with Crippen LogP contribution >= 0.6 is 22.7 Å². The number of ether oxygens (including phenoxy) is 1. The number of carbonyl (C=O) groups excluding carboxylic acids is 2. The molecule has 8 heteroatoms. The highest BCUT2D eigenvalue weighted by Crippen LogP contribution is 2.41. The van der Waals surface area contributed by atoms with E-state index < -0.39 is 5.60 Å². The van der Waals surface area contributed by atoms with Gasteiger partial charge in [0.05, 0.1) is 5.56 Å². The fourth-order valence-corrected chi connectivity index (χ4v) is 7.87. The number of benzene rings is 1. The molecule has 1 aromatic carbocycles. The number of aryl methyl sites for hydroxylation is 2. The van der Waals surface area contributed by atoms with Crippen LogP contribution in [0.3, 0.4) is 0 Å². The first-order chi connectivity index (χ1) is 17.7. The zero-order valence-electron chi connectivity index (χ0n) is 21.7. The SMILES string of the molecule is CC(C)(C)OC(=O)c1c(NC(=O)NCc2c(-c3ccc(O)cc3)sc3c2CCCC3)sc2c1CCCC2. The number of nitrogens with one attached hydrogen (secondary N) is 2. The first-order valence-electron chi connectivity index (χ1n) is 13.0. The van der Waals surface area contributed by atoms with Gasteiger partial charge in [-0.15, -0.1) is 22.7 Å². The lowest BCUT2D eigenvalue weighted by Gasteiger charge is -2.21. The van der Waals surface area contributed by atoms with Crippen LogP contribution in [0.15, 0.2) is 24.3 Å². The fourth-order valence-electron chi connectivity index (χ4n) is 5.18. The summed E-state index contributed by atoms with van der Waals surface area (Å²) < 4.78 is 5.70. The van der Waals surface area contributed by atoms with E-state index in [0.29, 0.717) is 17.1 Å². The number of fused-ring (bicyclic) bond motifs is 2. The van der Waals surface area contributed by atoms with Gasteiger partial charge in [-0.3, -0.25) is 5.32 Å². The number of phenolic OH excluding ortho intramolecular Hbond substituents is 1. The summed E-state index contributed by atoms with van der Waals surface area (Å²) in [6.45, 7) is 5.98. The van der Waals surface area contributed by atoms with E-state index >= 15 is 0 Å². The summed E-state index contributed by atoms with van der Waals surface area (Å²) in [4.78, 5) is 30.0. The van der Waals surface area contributed by atoms with Crippen molar-refractivity contribution in [2.75, 3.05) is 5.32 Å². The Labute approximate surface area is 226 Å². The van der Waals surface area contributed by atoms with E-state index in [-0.39, 0.29) is 17.7 Å². The molecule has 6 nitrogen and oxygen atoms in total. The van der Waals surface area contributed by atoms with Crippen molar-refractivity contribution < 1.29 is 19.4 Å². The molecule has 0 bridgehead atoms. The van der Waals surface area contributed by atoms with Gasteiger partial charge in [-0.25, -0.2) is 9.59 Å². The van der Waals surface area contributed by atoms with Gasteiger partial charge in [0.25, 0.3) is 0 Å². The molecule has 37 heavy (non-hydrogen) atoms. The largest absolute Gasteiger partial charge is 0.508 e. The second kappa shape index (κ2) is 10.5. The number of aromatic hydroxyl groups is 1. The van der Waals surface area contributed by atoms with Crippen molar-refractivity contribution >= 4 is 39.7 Å². The van der Waals surface area contributed by atoms with E-state index in [4.69, 9.17) is 4.74 Å². The Morgan fingerprint density at radius 3 is 2.22 bits per heavy atom. The first-order valence-corrected chi connectivity index (χ1v) is 14.7. The molecule has 2 aromatic heterocycles. The smallest absolute Gasteiger partial charge is 0.341 e. The van der Waals surface area contributed by atoms with Crippen LogP contribution in [0.1, 0.15) is 83.3 Å². The molecule has 2 aliphatic rings. The topological polar surface area (TPSA) is 87.7 Å². The number of anilines is 1. The number of urea groups is 1. The van der Waals surface area contributed by atoms with E-state index in [1.165, 1.54) is 33.1 Å². The van der Waals surface area contributed by atoms with Crippen LogP contribution in [0, 0.1) is 0 Å². The minimum Gasteiger partial charge on any atom is -0.508 e. The molecule has 0 fully saturated rings. The van der Waals surface area contributed by atoms with Gasteiger partial charge in [0.15, 0.2) is 0 Å². The van der Waals surface area contributed by atoms with Crippen molar-refractivity contribution in [1.29, 1.82) is 0 Å². The molecule has 3 N–H and O–H groups in total. The molecule has 2 heterocycles. The Morgan fingerprint density at radius 2 is 1.54 bits per heavy atom. The highest BCUT2D eigenvalue weighted by atomic mass is 32.1. The van der Waals surface area contributed by atoms with Crippen LogP contribution in [0.5, 0.6) is 5.75 Å². The van der Waals surface area contributed by atoms with E-state index in [1.54, 1.807) is 23.5 Å². The molecular weight excluding hydrogens is 504 g/mol. The molecule has 2 aliphatic carbocycles. The third-order valence-corrected chi connectivity index (χ3v) is 9.43. The number of amides is 2. The molecule has 0 radical (unpaired) electrons. The Hall–Kier alpha value is -2.84. The molecule has 0 saturated heterocycles. The minimum absolute atomic E-state index is 0.239. The van der Waals surface area contributed by atoms with Gasteiger partial charge in [0.2, 0.25) is 0 Å². The van der Waals surface area contributed by atoms with Crippen LogP contribution in [0.25, 0.3) is 10.4 Å². The van der Waals surface area contributed by atoms with Crippen molar-refractivity contribution in [3.8, 4) is 16.2 Å². The second-order valence-corrected chi connectivity index (χ2v) is 13.0. The highest BCUT2D eigenvalue weighted by molar-refractivity contribution is 7.17. The number of esters is 1. The predicted molar refractivity (Wildman–Crippen MR) is 150 cm³/mol. The molecule has 0 unspecified atom stereocenters. The lowest BCUT2D eigenvalue weighted by Crippen LogP contribution is -2.30. The molecule has 2 amide bonds. The van der Waals surface area contributed by atoms with Crippen molar-refractivity contribution in [1.82, 2.24) is 5.32 Å². The molecule has 5 rings (SSSR count). The molecule has 196 valence electrons. The summed E-state index contributed by atoms with van der Waals surface area (Å²) in [6.07, 6.45) is 8.31. The van der Waals surface area contributed by atoms with E-state index in [9.17, 15) is 14.7 Å². The van der Waals surface area contributed by atoms with Crippen molar-refractivity contribution in [2.24, 2.45) is 0 Å². The van der Waals surface area contributed by atoms with Crippen molar-refractivity contribution in [3.05, 3.63) is 56.3 Å². The molecular formula is C29H34N2O4S2. The average Bonchev–Trinajstić information content (AvgIpc) is 3.40. The van der Waals surface area contributed by atoms with Gasteiger partial charge in [-0.2, -0.15) is 0 Å². The van der Waals surface area contributed by atoms with Crippen LogP contribution in [-0.2, 0) is 37.0 Å². The van der Waals surface area contributed by atoms with Crippen LogP contribution in [-0.4, -0.2) is 22.7 Å². The maximum Gasteiger partial charge on any atom is 0.341 e. The number of hydrogen-bond donors (Lipinski definition) is 3. The monoisotopic (exact) mass is 538 g/mol. The average molecular weight is 539 g/mol. The lowest BCUT2D eigenvalue weighted by atomic mass is 9.93. The maximum atomic E-state index is 13.1. The Balaban J connectivity index is 1.37. The highest BCUT2D eigenvalue weighted by Gasteiger charge is 2.30. The number of phenols is 1. The zero-order valence-corrected chi connectivity index (χ0v) is 23.3. The number of thiophene rings is 2. The summed E-state index contributed by atoms with van der Waals surface area (Å²) in [7, 11) is 0. The first kappa shape index (κ1) is 25.8. The van der Waals surface area contributed by atoms with Gasteiger partial charge >= 0.3 is 12.0 Å². The fraction of sp³-hybridized carbons (Fsp3) is 0.448. The van der Waals surface area contributed by atoms with Crippen LogP contribution < -0.4 is 10.6 Å². The third-order valence-electron chi connectivity index (χ3n) is 6.84. The van der Waals surface area contributed by atoms with Gasteiger partial charge < -0.3 is 15.2 Å². The Morgan fingerprint density at radius 1 is 0.919 bits per heavy atom. The molecule has 0 saturated carbocycles. The number of carbonyl (C=O) groups is 2. The molecule has 0 spiro atoms.